The maximum atomic E-state index is 12.6. The summed E-state index contributed by atoms with van der Waals surface area (Å²) >= 11 is 0. The lowest BCUT2D eigenvalue weighted by molar-refractivity contribution is -0.146. The molecule has 0 radical (unpaired) electrons. The fraction of sp³-hybridized carbons (Fsp3) is 0.619. The highest BCUT2D eigenvalue weighted by Crippen LogP contribution is 2.43. The summed E-state index contributed by atoms with van der Waals surface area (Å²) in [4.78, 5) is 28.8. The Kier molecular flexibility index (Phi) is 6.45. The van der Waals surface area contributed by atoms with Crippen LogP contribution >= 0.6 is 10.6 Å². The molecule has 162 valence electrons. The van der Waals surface area contributed by atoms with Gasteiger partial charge in [0, 0.05) is 49.4 Å². The van der Waals surface area contributed by atoms with Crippen LogP contribution in [0.2, 0.25) is 0 Å². The number of amides is 2. The molecule has 0 aromatic heterocycles. The third-order valence-corrected chi connectivity index (χ3v) is 7.51. The number of para-hydroxylation sites is 1. The van der Waals surface area contributed by atoms with Crippen molar-refractivity contribution in [2.75, 3.05) is 42.6 Å². The van der Waals surface area contributed by atoms with Crippen LogP contribution in [-0.2, 0) is 15.0 Å². The molecule has 7 nitrogen and oxygen atoms in total. The minimum Gasteiger partial charge on any atom is -0.368 e. The SMILES string of the molecule is CC(C)(C)c1ccccc1N1CCN(C(=O)C(=O)NC2CCS(O)(O)CC2)CC1. The van der Waals surface area contributed by atoms with Crippen LogP contribution in [0.25, 0.3) is 0 Å². The Hall–Kier alpha value is -1.77. The molecule has 1 aromatic carbocycles. The Morgan fingerprint density at radius 3 is 2.21 bits per heavy atom. The van der Waals surface area contributed by atoms with Gasteiger partial charge in [-0.15, -0.1) is 0 Å². The van der Waals surface area contributed by atoms with Gasteiger partial charge in [0.2, 0.25) is 0 Å². The van der Waals surface area contributed by atoms with E-state index in [0.29, 0.717) is 39.0 Å². The number of carbonyl (C=O) groups excluding carboxylic acids is 2. The molecule has 3 rings (SSSR count). The van der Waals surface area contributed by atoms with Gasteiger partial charge in [0.25, 0.3) is 0 Å². The van der Waals surface area contributed by atoms with E-state index >= 15 is 0 Å². The van der Waals surface area contributed by atoms with Crippen LogP contribution in [0, 0.1) is 0 Å². The first-order valence-corrected chi connectivity index (χ1v) is 12.1. The fourth-order valence-electron chi connectivity index (χ4n) is 3.98. The van der Waals surface area contributed by atoms with Gasteiger partial charge in [0.1, 0.15) is 0 Å². The molecule has 0 saturated carbocycles. The number of anilines is 1. The minimum absolute atomic E-state index is 0.0336. The molecule has 0 unspecified atom stereocenters. The van der Waals surface area contributed by atoms with E-state index in [1.54, 1.807) is 4.90 Å². The van der Waals surface area contributed by atoms with E-state index in [9.17, 15) is 18.7 Å². The van der Waals surface area contributed by atoms with E-state index in [2.05, 4.69) is 49.2 Å². The summed E-state index contributed by atoms with van der Waals surface area (Å²) in [6.45, 7) is 8.99. The van der Waals surface area contributed by atoms with E-state index in [-0.39, 0.29) is 23.0 Å². The molecular weight excluding hydrogens is 390 g/mol. The van der Waals surface area contributed by atoms with Gasteiger partial charge < -0.3 is 15.1 Å². The van der Waals surface area contributed by atoms with E-state index in [0.717, 1.165) is 0 Å². The third kappa shape index (κ3) is 5.43. The van der Waals surface area contributed by atoms with Crippen molar-refractivity contribution in [3.8, 4) is 0 Å². The van der Waals surface area contributed by atoms with Gasteiger partial charge in [-0.1, -0.05) is 39.0 Å². The van der Waals surface area contributed by atoms with Gasteiger partial charge in [0.15, 0.2) is 0 Å². The van der Waals surface area contributed by atoms with Crippen molar-refractivity contribution in [3.05, 3.63) is 29.8 Å². The summed E-state index contributed by atoms with van der Waals surface area (Å²) in [5, 5.41) is 2.77. The Bertz CT molecular complexity index is 745. The molecule has 2 fully saturated rings. The highest BCUT2D eigenvalue weighted by atomic mass is 32.3. The van der Waals surface area contributed by atoms with Crippen molar-refractivity contribution < 1.29 is 18.7 Å². The van der Waals surface area contributed by atoms with E-state index < -0.39 is 22.4 Å². The predicted molar refractivity (Wildman–Crippen MR) is 118 cm³/mol. The highest BCUT2D eigenvalue weighted by molar-refractivity contribution is 8.24. The molecule has 3 N–H and O–H groups in total. The average molecular weight is 424 g/mol. The van der Waals surface area contributed by atoms with Crippen LogP contribution in [0.3, 0.4) is 0 Å². The van der Waals surface area contributed by atoms with Crippen molar-refractivity contribution in [3.63, 3.8) is 0 Å². The zero-order valence-electron chi connectivity index (χ0n) is 17.6. The van der Waals surface area contributed by atoms with Crippen LogP contribution < -0.4 is 10.2 Å². The number of benzene rings is 1. The Morgan fingerprint density at radius 2 is 1.62 bits per heavy atom. The van der Waals surface area contributed by atoms with Crippen molar-refractivity contribution in [2.45, 2.75) is 45.1 Å². The second-order valence-electron chi connectivity index (χ2n) is 9.00. The van der Waals surface area contributed by atoms with Gasteiger partial charge in [-0.25, -0.2) is 0 Å². The van der Waals surface area contributed by atoms with Crippen molar-refractivity contribution >= 4 is 28.1 Å². The topological polar surface area (TPSA) is 93.1 Å². The van der Waals surface area contributed by atoms with E-state index in [1.165, 1.54) is 11.3 Å². The second kappa shape index (κ2) is 8.53. The first-order valence-electron chi connectivity index (χ1n) is 10.2. The molecule has 2 heterocycles. The van der Waals surface area contributed by atoms with Gasteiger partial charge >= 0.3 is 11.8 Å². The molecule has 0 bridgehead atoms. The molecular formula is C21H33N3O4S. The third-order valence-electron chi connectivity index (χ3n) is 5.74. The maximum absolute atomic E-state index is 12.6. The zero-order chi connectivity index (χ0) is 21.2. The lowest BCUT2D eigenvalue weighted by atomic mass is 9.85. The van der Waals surface area contributed by atoms with Gasteiger partial charge in [-0.3, -0.25) is 18.7 Å². The predicted octanol–water partition coefficient (Wildman–Crippen LogP) is 2.66. The lowest BCUT2D eigenvalue weighted by Gasteiger charge is -2.40. The number of hydrogen-bond acceptors (Lipinski definition) is 5. The van der Waals surface area contributed by atoms with E-state index in [1.807, 2.05) is 6.07 Å². The van der Waals surface area contributed by atoms with E-state index in [4.69, 9.17) is 0 Å². The fourth-order valence-corrected chi connectivity index (χ4v) is 5.51. The molecule has 0 spiro atoms. The standard InChI is InChI=1S/C21H33N3O4S/c1-21(2,3)17-6-4-5-7-18(17)23-10-12-24(13-11-23)20(26)19(25)22-16-8-14-29(27,28)15-9-16/h4-7,16,27-28H,8-15H2,1-3H3,(H,22,25). The van der Waals surface area contributed by atoms with Crippen molar-refractivity contribution in [2.24, 2.45) is 0 Å². The molecule has 2 saturated heterocycles. The summed E-state index contributed by atoms with van der Waals surface area (Å²) in [6.07, 6.45) is 0.997. The normalized spacial score (nSPS) is 21.6. The molecule has 2 aliphatic heterocycles. The van der Waals surface area contributed by atoms with Crippen LogP contribution in [0.15, 0.2) is 24.3 Å². The zero-order valence-corrected chi connectivity index (χ0v) is 18.4. The Balaban J connectivity index is 1.54. The van der Waals surface area contributed by atoms with Gasteiger partial charge in [0.05, 0.1) is 0 Å². The molecule has 29 heavy (non-hydrogen) atoms. The highest BCUT2D eigenvalue weighted by Gasteiger charge is 2.31. The molecule has 0 aliphatic carbocycles. The lowest BCUT2D eigenvalue weighted by Crippen LogP contribution is -2.54. The van der Waals surface area contributed by atoms with Crippen LogP contribution in [0.5, 0.6) is 0 Å². The first-order chi connectivity index (χ1) is 13.6. The molecule has 2 aliphatic rings. The monoisotopic (exact) mass is 423 g/mol. The number of piperazine rings is 1. The van der Waals surface area contributed by atoms with Crippen LogP contribution in [-0.4, -0.2) is 69.5 Å². The second-order valence-corrected chi connectivity index (χ2v) is 11.4. The summed E-state index contributed by atoms with van der Waals surface area (Å²) < 4.78 is 19.3. The molecule has 0 atom stereocenters. The summed E-state index contributed by atoms with van der Waals surface area (Å²) in [6, 6.07) is 8.21. The molecule has 1 aromatic rings. The van der Waals surface area contributed by atoms with Gasteiger partial charge in [-0.2, -0.15) is 10.6 Å². The Morgan fingerprint density at radius 1 is 1.03 bits per heavy atom. The number of nitrogens with one attached hydrogen (secondary N) is 1. The molecule has 8 heteroatoms. The summed E-state index contributed by atoms with van der Waals surface area (Å²) in [5.41, 5.74) is 2.50. The maximum Gasteiger partial charge on any atom is 0.312 e. The van der Waals surface area contributed by atoms with Crippen LogP contribution in [0.4, 0.5) is 5.69 Å². The van der Waals surface area contributed by atoms with Crippen molar-refractivity contribution in [1.82, 2.24) is 10.2 Å². The number of nitrogens with zero attached hydrogens (tertiary/aromatic N) is 2. The summed E-state index contributed by atoms with van der Waals surface area (Å²) in [5.74, 6) is -0.501. The first kappa shape index (κ1) is 21.9. The van der Waals surface area contributed by atoms with Crippen LogP contribution in [0.1, 0.15) is 39.2 Å². The largest absolute Gasteiger partial charge is 0.368 e. The summed E-state index contributed by atoms with van der Waals surface area (Å²) in [7, 11) is -2.49. The molecule has 2 amide bonds. The number of rotatable bonds is 2. The van der Waals surface area contributed by atoms with Gasteiger partial charge in [-0.05, 0) is 29.9 Å². The Labute approximate surface area is 174 Å². The number of carbonyl (C=O) groups is 2. The quantitative estimate of drug-likeness (QED) is 0.636. The van der Waals surface area contributed by atoms with Crippen molar-refractivity contribution in [1.29, 1.82) is 0 Å². The average Bonchev–Trinajstić information content (AvgIpc) is 2.68. The minimum atomic E-state index is -2.49. The smallest absolute Gasteiger partial charge is 0.312 e. The number of hydrogen-bond donors (Lipinski definition) is 3.